The van der Waals surface area contributed by atoms with Gasteiger partial charge >= 0.3 is 5.97 Å². The van der Waals surface area contributed by atoms with Crippen molar-refractivity contribution in [3.8, 4) is 0 Å². The average molecular weight is 334 g/mol. The van der Waals surface area contributed by atoms with Crippen LogP contribution in [0.5, 0.6) is 0 Å². The predicted octanol–water partition coefficient (Wildman–Crippen LogP) is 3.08. The van der Waals surface area contributed by atoms with E-state index in [-0.39, 0.29) is 23.9 Å². The summed E-state index contributed by atoms with van der Waals surface area (Å²) in [6.07, 6.45) is 4.43. The molecule has 3 rings (SSSR count). The summed E-state index contributed by atoms with van der Waals surface area (Å²) in [5, 5.41) is 9.52. The molecule has 6 heteroatoms. The summed E-state index contributed by atoms with van der Waals surface area (Å²) in [7, 11) is 0. The second-order valence-electron chi connectivity index (χ2n) is 7.38. The van der Waals surface area contributed by atoms with Crippen LogP contribution < -0.4 is 5.56 Å². The lowest BCUT2D eigenvalue weighted by Crippen LogP contribution is -2.27. The van der Waals surface area contributed by atoms with Gasteiger partial charge < -0.3 is 5.11 Å². The molecule has 0 unspecified atom stereocenters. The van der Waals surface area contributed by atoms with E-state index < -0.39 is 5.97 Å². The molecule has 0 bridgehead atoms. The van der Waals surface area contributed by atoms with E-state index in [4.69, 9.17) is 5.11 Å². The molecular formula is C17H22N2O3S. The van der Waals surface area contributed by atoms with E-state index in [9.17, 15) is 9.59 Å². The summed E-state index contributed by atoms with van der Waals surface area (Å²) in [5.74, 6) is -0.283. The van der Waals surface area contributed by atoms with Gasteiger partial charge in [0.1, 0.15) is 4.83 Å². The highest BCUT2D eigenvalue weighted by Gasteiger charge is 2.31. The monoisotopic (exact) mass is 334 g/mol. The first-order chi connectivity index (χ1) is 10.8. The number of nitrogens with zero attached hydrogens (tertiary/aromatic N) is 2. The second kappa shape index (κ2) is 5.74. The lowest BCUT2D eigenvalue weighted by atomic mass is 9.72. The second-order valence-corrected chi connectivity index (χ2v) is 8.46. The summed E-state index contributed by atoms with van der Waals surface area (Å²) in [4.78, 5) is 29.9. The molecule has 23 heavy (non-hydrogen) atoms. The van der Waals surface area contributed by atoms with Crippen molar-refractivity contribution in [1.29, 1.82) is 0 Å². The van der Waals surface area contributed by atoms with Gasteiger partial charge in [-0.3, -0.25) is 14.2 Å². The molecule has 5 nitrogen and oxygen atoms in total. The van der Waals surface area contributed by atoms with Crippen LogP contribution in [0.2, 0.25) is 0 Å². The van der Waals surface area contributed by atoms with Crippen molar-refractivity contribution in [1.82, 2.24) is 9.55 Å². The van der Waals surface area contributed by atoms with Crippen LogP contribution in [0.1, 0.15) is 44.1 Å². The molecule has 0 radical (unpaired) electrons. The van der Waals surface area contributed by atoms with E-state index in [1.807, 2.05) is 0 Å². The highest BCUT2D eigenvalue weighted by molar-refractivity contribution is 7.18. The normalized spacial score (nSPS) is 18.1. The van der Waals surface area contributed by atoms with Crippen molar-refractivity contribution in [2.75, 3.05) is 0 Å². The number of carbonyl (C=O) groups is 1. The van der Waals surface area contributed by atoms with Gasteiger partial charge in [-0.15, -0.1) is 11.3 Å². The van der Waals surface area contributed by atoms with Crippen molar-refractivity contribution in [2.24, 2.45) is 11.3 Å². The van der Waals surface area contributed by atoms with Crippen LogP contribution >= 0.6 is 11.3 Å². The van der Waals surface area contributed by atoms with Crippen molar-refractivity contribution in [2.45, 2.75) is 53.0 Å². The lowest BCUT2D eigenvalue weighted by molar-refractivity contribution is -0.137. The van der Waals surface area contributed by atoms with Crippen molar-refractivity contribution < 1.29 is 9.90 Å². The highest BCUT2D eigenvalue weighted by atomic mass is 32.1. The smallest absolute Gasteiger partial charge is 0.305 e. The Balaban J connectivity index is 2.01. The van der Waals surface area contributed by atoms with Crippen molar-refractivity contribution in [3.05, 3.63) is 27.1 Å². The van der Waals surface area contributed by atoms with Crippen LogP contribution in [0.4, 0.5) is 0 Å². The van der Waals surface area contributed by atoms with E-state index >= 15 is 0 Å². The quantitative estimate of drug-likeness (QED) is 0.936. The Morgan fingerprint density at radius 3 is 2.87 bits per heavy atom. The number of carboxylic acid groups (broad SMARTS) is 1. The van der Waals surface area contributed by atoms with Gasteiger partial charge in [-0.05, 0) is 36.2 Å². The summed E-state index contributed by atoms with van der Waals surface area (Å²) in [5.41, 5.74) is 1.32. The number of aromatic nitrogens is 2. The Kier molecular flexibility index (Phi) is 4.04. The van der Waals surface area contributed by atoms with Gasteiger partial charge in [0.15, 0.2) is 0 Å². The lowest BCUT2D eigenvalue weighted by Gasteiger charge is -2.33. The first kappa shape index (κ1) is 16.2. The highest BCUT2D eigenvalue weighted by Crippen LogP contribution is 2.41. The van der Waals surface area contributed by atoms with E-state index in [1.165, 1.54) is 15.8 Å². The first-order valence-corrected chi connectivity index (χ1v) is 8.80. The number of rotatable bonds is 3. The summed E-state index contributed by atoms with van der Waals surface area (Å²) >= 11 is 1.63. The van der Waals surface area contributed by atoms with Crippen molar-refractivity contribution >= 4 is 27.5 Å². The molecule has 0 aromatic carbocycles. The third-order valence-electron chi connectivity index (χ3n) is 4.83. The van der Waals surface area contributed by atoms with Gasteiger partial charge in [-0.2, -0.15) is 0 Å². The van der Waals surface area contributed by atoms with E-state index in [0.29, 0.717) is 11.3 Å². The fourth-order valence-corrected chi connectivity index (χ4v) is 4.57. The fraction of sp³-hybridized carbons (Fsp3) is 0.588. The number of carboxylic acids is 1. The summed E-state index contributed by atoms with van der Waals surface area (Å²) in [6.45, 7) is 6.99. The first-order valence-electron chi connectivity index (χ1n) is 7.99. The van der Waals surface area contributed by atoms with Crippen LogP contribution in [-0.4, -0.2) is 20.6 Å². The Bertz CT molecular complexity index is 814. The van der Waals surface area contributed by atoms with Crippen LogP contribution in [0.3, 0.4) is 0 Å². The molecule has 124 valence electrons. The third-order valence-corrected chi connectivity index (χ3v) is 5.99. The maximum atomic E-state index is 12.7. The van der Waals surface area contributed by atoms with Crippen LogP contribution in [0.25, 0.3) is 10.2 Å². The van der Waals surface area contributed by atoms with Crippen LogP contribution in [0.15, 0.2) is 11.1 Å². The maximum absolute atomic E-state index is 12.7. The minimum atomic E-state index is -0.905. The molecule has 1 atom stereocenters. The zero-order valence-corrected chi connectivity index (χ0v) is 14.6. The van der Waals surface area contributed by atoms with Gasteiger partial charge in [0.05, 0.1) is 18.1 Å². The SMILES string of the molecule is CC(C)(C)[C@@H]1CCc2c(sc3ncn(CCC(=O)O)c(=O)c23)C1. The van der Waals surface area contributed by atoms with Crippen LogP contribution in [0, 0.1) is 11.3 Å². The third kappa shape index (κ3) is 3.04. The number of aliphatic carboxylic acids is 1. The number of hydrogen-bond donors (Lipinski definition) is 1. The van der Waals surface area contributed by atoms with Gasteiger partial charge in [0.25, 0.3) is 5.56 Å². The molecule has 2 aromatic rings. The Morgan fingerprint density at radius 2 is 2.22 bits per heavy atom. The van der Waals surface area contributed by atoms with Crippen molar-refractivity contribution in [3.63, 3.8) is 0 Å². The molecule has 0 saturated heterocycles. The molecular weight excluding hydrogens is 312 g/mol. The summed E-state index contributed by atoms with van der Waals surface area (Å²) in [6, 6.07) is 0. The molecule has 2 heterocycles. The van der Waals surface area contributed by atoms with Gasteiger partial charge in [0, 0.05) is 11.4 Å². The zero-order chi connectivity index (χ0) is 16.8. The molecule has 2 aromatic heterocycles. The van der Waals surface area contributed by atoms with E-state index in [0.717, 1.165) is 29.7 Å². The zero-order valence-electron chi connectivity index (χ0n) is 13.8. The van der Waals surface area contributed by atoms with E-state index in [1.54, 1.807) is 11.3 Å². The molecule has 1 aliphatic carbocycles. The molecule has 1 N–H and O–H groups in total. The molecule has 0 saturated carbocycles. The number of hydrogen-bond acceptors (Lipinski definition) is 4. The molecule has 1 aliphatic rings. The fourth-order valence-electron chi connectivity index (χ4n) is 3.32. The minimum Gasteiger partial charge on any atom is -0.481 e. The number of fused-ring (bicyclic) bond motifs is 3. The van der Waals surface area contributed by atoms with Gasteiger partial charge in [-0.1, -0.05) is 20.8 Å². The largest absolute Gasteiger partial charge is 0.481 e. The molecule has 0 spiro atoms. The van der Waals surface area contributed by atoms with Gasteiger partial charge in [0.2, 0.25) is 0 Å². The average Bonchev–Trinajstić information content (AvgIpc) is 2.83. The Hall–Kier alpha value is -1.69. The number of aryl methyl sites for hydroxylation is 2. The van der Waals surface area contributed by atoms with E-state index in [2.05, 4.69) is 25.8 Å². The minimum absolute atomic E-state index is 0.0640. The van der Waals surface area contributed by atoms with Gasteiger partial charge in [-0.25, -0.2) is 4.98 Å². The van der Waals surface area contributed by atoms with Crippen LogP contribution in [-0.2, 0) is 24.2 Å². The molecule has 0 fully saturated rings. The molecule has 0 amide bonds. The Morgan fingerprint density at radius 1 is 1.48 bits per heavy atom. The standard InChI is InChI=1S/C17H22N2O3S/c1-17(2,3)10-4-5-11-12(8-10)23-15-14(11)16(22)19(9-18-15)7-6-13(20)21/h9-10H,4-8H2,1-3H3,(H,20,21)/t10-/m1/s1. The topological polar surface area (TPSA) is 72.2 Å². The predicted molar refractivity (Wildman–Crippen MR) is 91.1 cm³/mol. The Labute approximate surface area is 139 Å². The summed E-state index contributed by atoms with van der Waals surface area (Å²) < 4.78 is 1.43. The maximum Gasteiger partial charge on any atom is 0.305 e. The molecule has 0 aliphatic heterocycles. The number of thiophene rings is 1.